The molecule has 0 heterocycles. The molecule has 0 spiro atoms. The molecule has 12 heteroatoms. The minimum absolute atomic E-state index is 0.0767. The van der Waals surface area contributed by atoms with Gasteiger partial charge in [0.15, 0.2) is 0 Å². The maximum atomic E-state index is 10.9. The third-order valence-corrected chi connectivity index (χ3v) is 11.3. The van der Waals surface area contributed by atoms with E-state index in [0.29, 0.717) is 66.8 Å². The van der Waals surface area contributed by atoms with E-state index < -0.39 is 0 Å². The second kappa shape index (κ2) is 18.0. The van der Waals surface area contributed by atoms with Crippen molar-refractivity contribution in [2.45, 2.75) is 83.1 Å². The van der Waals surface area contributed by atoms with Crippen LogP contribution in [0.25, 0.3) is 0 Å². The Morgan fingerprint density at radius 2 is 0.288 bits per heavy atom. The minimum atomic E-state index is -0.0962. The number of phenolic OH excluding ortho intramolecular Hbond substituents is 6. The Balaban J connectivity index is 1.70. The Morgan fingerprint density at radius 3 is 0.379 bits per heavy atom. The molecule has 0 amide bonds. The average Bonchev–Trinajstić information content (AvgIpc) is 3.24. The predicted molar refractivity (Wildman–Crippen MR) is 252 cm³/mol. The summed E-state index contributed by atoms with van der Waals surface area (Å²) in [4.78, 5) is 0. The summed E-state index contributed by atoms with van der Waals surface area (Å²) < 4.78 is 41.6. The maximum Gasteiger partial charge on any atom is 0.220 e. The number of phenols is 6. The lowest BCUT2D eigenvalue weighted by molar-refractivity contribution is 0.325. The monoisotopic (exact) mass is 894 g/mol. The summed E-state index contributed by atoms with van der Waals surface area (Å²) in [7, 11) is 0. The predicted octanol–water partition coefficient (Wildman–Crippen LogP) is 14.4. The first kappa shape index (κ1) is 46.1. The molecular weight excluding hydrogens is 841 g/mol. The fourth-order valence-corrected chi connectivity index (χ4v) is 7.73. The smallest absolute Gasteiger partial charge is 0.220 e. The number of ether oxygens (including phenoxy) is 6. The Kier molecular flexibility index (Phi) is 12.6. The Morgan fingerprint density at radius 1 is 0.197 bits per heavy atom. The van der Waals surface area contributed by atoms with E-state index in [-0.39, 0.29) is 103 Å². The molecule has 0 fully saturated rings. The highest BCUT2D eigenvalue weighted by atomic mass is 16.6. The average molecular weight is 895 g/mol. The number of aryl methyl sites for hydroxylation is 12. The minimum Gasteiger partial charge on any atom is -0.507 e. The van der Waals surface area contributed by atoms with Gasteiger partial charge in [0.1, 0.15) is 69.0 Å². The van der Waals surface area contributed by atoms with Crippen LogP contribution in [0, 0.1) is 83.1 Å². The molecule has 7 rings (SSSR count). The lowest BCUT2D eigenvalue weighted by atomic mass is 10.1. The van der Waals surface area contributed by atoms with Crippen LogP contribution in [0.1, 0.15) is 66.8 Å². The topological polar surface area (TPSA) is 177 Å². The van der Waals surface area contributed by atoms with Gasteiger partial charge in [-0.1, -0.05) is 0 Å². The standard InChI is InChI=1S/C54H54O12/c1-25-13-37(14-26(2)43(25)55)61-49-50(62-38-15-27(3)44(56)28(4)16-38)52(64-40-19-31(7)46(58)32(8)20-40)54(66-42-23-35(11)48(60)36(12)24-42)53(65-41-21-33(9)47(59)34(10)22-41)51(49)63-39-17-29(5)45(57)30(6)18-39/h13-24,55-60H,1-12H3. The van der Waals surface area contributed by atoms with Crippen LogP contribution in [0.15, 0.2) is 72.8 Å². The van der Waals surface area contributed by atoms with E-state index in [1.807, 2.05) is 0 Å². The Bertz CT molecular complexity index is 2380. The van der Waals surface area contributed by atoms with E-state index in [1.54, 1.807) is 156 Å². The van der Waals surface area contributed by atoms with Crippen LogP contribution in [0.2, 0.25) is 0 Å². The molecule has 342 valence electrons. The van der Waals surface area contributed by atoms with Gasteiger partial charge in [-0.05, 0) is 223 Å². The van der Waals surface area contributed by atoms with Crippen LogP contribution in [0.3, 0.4) is 0 Å². The SMILES string of the molecule is Cc1cc(Oc2c(Oc3cc(C)c(O)c(C)c3)c(Oc3cc(C)c(O)c(C)c3)c(Oc3cc(C)c(O)c(C)c3)c(Oc3cc(C)c(O)c(C)c3)c2Oc2cc(C)c(O)c(C)c2)cc(C)c1O. The van der Waals surface area contributed by atoms with Crippen LogP contribution in [-0.4, -0.2) is 30.6 Å². The summed E-state index contributed by atoms with van der Waals surface area (Å²) >= 11 is 0. The zero-order valence-electron chi connectivity index (χ0n) is 39.1. The zero-order chi connectivity index (χ0) is 48.0. The summed E-state index contributed by atoms with van der Waals surface area (Å²) in [5.41, 5.74) is 6.17. The molecule has 0 atom stereocenters. The third-order valence-electron chi connectivity index (χ3n) is 11.3. The van der Waals surface area contributed by atoms with E-state index in [9.17, 15) is 30.6 Å². The normalized spacial score (nSPS) is 11.1. The van der Waals surface area contributed by atoms with Gasteiger partial charge >= 0.3 is 0 Å². The molecule has 0 saturated carbocycles. The van der Waals surface area contributed by atoms with Gasteiger partial charge in [0.2, 0.25) is 34.5 Å². The molecule has 66 heavy (non-hydrogen) atoms. The quantitative estimate of drug-likeness (QED) is 0.0685. The highest BCUT2D eigenvalue weighted by molar-refractivity contribution is 5.77. The summed E-state index contributed by atoms with van der Waals surface area (Å²) in [6, 6.07) is 19.7. The van der Waals surface area contributed by atoms with Gasteiger partial charge in [-0.15, -0.1) is 0 Å². The molecule has 6 N–H and O–H groups in total. The lowest BCUT2D eigenvalue weighted by Crippen LogP contribution is -2.04. The molecular formula is C54H54O12. The molecule has 0 saturated heterocycles. The summed E-state index contributed by atoms with van der Waals surface area (Å²) in [5.74, 6) is 1.45. The largest absolute Gasteiger partial charge is 0.507 e. The third kappa shape index (κ3) is 9.21. The lowest BCUT2D eigenvalue weighted by Gasteiger charge is -2.26. The molecule has 12 nitrogen and oxygen atoms in total. The van der Waals surface area contributed by atoms with E-state index in [1.165, 1.54) is 0 Å². The number of hydrogen-bond donors (Lipinski definition) is 6. The number of aromatic hydroxyl groups is 6. The maximum absolute atomic E-state index is 10.9. The molecule has 0 aliphatic rings. The highest BCUT2D eigenvalue weighted by Crippen LogP contribution is 2.63. The van der Waals surface area contributed by atoms with Crippen LogP contribution >= 0.6 is 0 Å². The molecule has 0 aromatic heterocycles. The summed E-state index contributed by atoms with van der Waals surface area (Å²) in [5, 5.41) is 65.2. The number of rotatable bonds is 12. The Hall–Kier alpha value is -7.86. The van der Waals surface area contributed by atoms with Crippen molar-refractivity contribution in [3.8, 4) is 103 Å². The van der Waals surface area contributed by atoms with Gasteiger partial charge < -0.3 is 59.1 Å². The van der Waals surface area contributed by atoms with Crippen molar-refractivity contribution in [2.24, 2.45) is 0 Å². The fraction of sp³-hybridized carbons (Fsp3) is 0.222. The van der Waals surface area contributed by atoms with E-state index in [4.69, 9.17) is 28.4 Å². The summed E-state index contributed by atoms with van der Waals surface area (Å²) in [6.07, 6.45) is 0. The molecule has 0 aliphatic heterocycles. The number of hydrogen-bond acceptors (Lipinski definition) is 12. The first-order valence-electron chi connectivity index (χ1n) is 21.2. The van der Waals surface area contributed by atoms with Crippen LogP contribution in [0.5, 0.6) is 103 Å². The molecule has 0 bridgehead atoms. The molecule has 0 radical (unpaired) electrons. The molecule has 0 aliphatic carbocycles. The van der Waals surface area contributed by atoms with Gasteiger partial charge in [-0.2, -0.15) is 0 Å². The first-order valence-corrected chi connectivity index (χ1v) is 21.2. The molecule has 7 aromatic carbocycles. The molecule has 0 unspecified atom stereocenters. The first-order chi connectivity index (χ1) is 31.1. The van der Waals surface area contributed by atoms with Crippen LogP contribution in [-0.2, 0) is 0 Å². The van der Waals surface area contributed by atoms with Crippen molar-refractivity contribution in [1.82, 2.24) is 0 Å². The second-order valence-electron chi connectivity index (χ2n) is 17.0. The van der Waals surface area contributed by atoms with Gasteiger partial charge in [-0.25, -0.2) is 0 Å². The van der Waals surface area contributed by atoms with Crippen molar-refractivity contribution in [3.63, 3.8) is 0 Å². The fourth-order valence-electron chi connectivity index (χ4n) is 7.73. The van der Waals surface area contributed by atoms with Crippen LogP contribution in [0.4, 0.5) is 0 Å². The van der Waals surface area contributed by atoms with Gasteiger partial charge in [0.05, 0.1) is 0 Å². The van der Waals surface area contributed by atoms with Crippen molar-refractivity contribution in [1.29, 1.82) is 0 Å². The molecule has 7 aromatic rings. The van der Waals surface area contributed by atoms with Gasteiger partial charge in [-0.3, -0.25) is 0 Å². The number of benzene rings is 7. The van der Waals surface area contributed by atoms with E-state index in [2.05, 4.69) is 0 Å². The van der Waals surface area contributed by atoms with Crippen molar-refractivity contribution in [3.05, 3.63) is 140 Å². The van der Waals surface area contributed by atoms with E-state index in [0.717, 1.165) is 0 Å². The summed E-state index contributed by atoms with van der Waals surface area (Å²) in [6.45, 7) is 20.8. The van der Waals surface area contributed by atoms with E-state index >= 15 is 0 Å². The zero-order valence-corrected chi connectivity index (χ0v) is 39.1. The highest BCUT2D eigenvalue weighted by Gasteiger charge is 2.36. The van der Waals surface area contributed by atoms with Gasteiger partial charge in [0, 0.05) is 0 Å². The van der Waals surface area contributed by atoms with Crippen LogP contribution < -0.4 is 28.4 Å². The van der Waals surface area contributed by atoms with Gasteiger partial charge in [0.25, 0.3) is 0 Å². The van der Waals surface area contributed by atoms with Crippen molar-refractivity contribution >= 4 is 0 Å². The Labute approximate surface area is 384 Å². The van der Waals surface area contributed by atoms with Crippen molar-refractivity contribution in [2.75, 3.05) is 0 Å². The second-order valence-corrected chi connectivity index (χ2v) is 17.0. The van der Waals surface area contributed by atoms with Crippen molar-refractivity contribution < 1.29 is 59.1 Å².